The molecular weight excluding hydrogens is 326 g/mol. The summed E-state index contributed by atoms with van der Waals surface area (Å²) in [7, 11) is 0. The highest BCUT2D eigenvalue weighted by Gasteiger charge is 2.41. The van der Waals surface area contributed by atoms with Crippen molar-refractivity contribution < 1.29 is 9.84 Å². The van der Waals surface area contributed by atoms with E-state index in [2.05, 4.69) is 11.1 Å². The van der Waals surface area contributed by atoms with Crippen molar-refractivity contribution in [3.8, 4) is 11.5 Å². The van der Waals surface area contributed by atoms with Gasteiger partial charge in [-0.1, -0.05) is 36.4 Å². The molecule has 0 amide bonds. The molecule has 2 aliphatic heterocycles. The highest BCUT2D eigenvalue weighted by Crippen LogP contribution is 2.47. The number of benzene rings is 2. The number of aromatic nitrogens is 1. The van der Waals surface area contributed by atoms with Gasteiger partial charge < -0.3 is 9.84 Å². The van der Waals surface area contributed by atoms with Crippen molar-refractivity contribution in [1.82, 2.24) is 9.99 Å². The second-order valence-electron chi connectivity index (χ2n) is 6.46. The quantitative estimate of drug-likeness (QED) is 0.763. The van der Waals surface area contributed by atoms with Gasteiger partial charge in [-0.2, -0.15) is 5.10 Å². The third kappa shape index (κ3) is 2.40. The van der Waals surface area contributed by atoms with Crippen molar-refractivity contribution in [3.05, 3.63) is 89.7 Å². The molecule has 5 nitrogen and oxygen atoms in total. The lowest BCUT2D eigenvalue weighted by atomic mass is 9.96. The average molecular weight is 343 g/mol. The molecule has 2 aromatic carbocycles. The number of hydrazone groups is 1. The summed E-state index contributed by atoms with van der Waals surface area (Å²) < 4.78 is 6.25. The molecule has 26 heavy (non-hydrogen) atoms. The molecule has 0 unspecified atom stereocenters. The normalized spacial score (nSPS) is 20.8. The number of ether oxygens (including phenoxy) is 1. The van der Waals surface area contributed by atoms with Crippen LogP contribution in [0.15, 0.2) is 78.0 Å². The van der Waals surface area contributed by atoms with E-state index in [1.807, 2.05) is 53.5 Å². The van der Waals surface area contributed by atoms with Gasteiger partial charge in [0.05, 0.1) is 11.8 Å². The second-order valence-corrected chi connectivity index (χ2v) is 6.46. The minimum absolute atomic E-state index is 0.0873. The Kier molecular flexibility index (Phi) is 3.38. The zero-order valence-corrected chi connectivity index (χ0v) is 14.0. The zero-order valence-electron chi connectivity index (χ0n) is 14.0. The molecule has 0 bridgehead atoms. The van der Waals surface area contributed by atoms with E-state index in [0.29, 0.717) is 0 Å². The Labute approximate surface area is 151 Å². The molecule has 1 N–H and O–H groups in total. The van der Waals surface area contributed by atoms with E-state index in [1.54, 1.807) is 18.3 Å². The highest BCUT2D eigenvalue weighted by molar-refractivity contribution is 6.02. The Morgan fingerprint density at radius 2 is 1.88 bits per heavy atom. The van der Waals surface area contributed by atoms with Crippen LogP contribution in [0.2, 0.25) is 0 Å². The van der Waals surface area contributed by atoms with Gasteiger partial charge in [0.25, 0.3) is 0 Å². The molecule has 1 aromatic heterocycles. The fourth-order valence-corrected chi connectivity index (χ4v) is 3.61. The fourth-order valence-electron chi connectivity index (χ4n) is 3.61. The zero-order chi connectivity index (χ0) is 17.5. The average Bonchev–Trinajstić information content (AvgIpc) is 3.14. The maximum absolute atomic E-state index is 9.82. The van der Waals surface area contributed by atoms with E-state index in [0.717, 1.165) is 34.7 Å². The van der Waals surface area contributed by atoms with Crippen LogP contribution < -0.4 is 4.74 Å². The maximum Gasteiger partial charge on any atom is 0.230 e. The number of para-hydroxylation sites is 1. The van der Waals surface area contributed by atoms with Crippen LogP contribution in [-0.2, 0) is 0 Å². The van der Waals surface area contributed by atoms with Gasteiger partial charge in [-0.05, 0) is 30.3 Å². The van der Waals surface area contributed by atoms with Gasteiger partial charge in [0, 0.05) is 23.7 Å². The third-order valence-corrected chi connectivity index (χ3v) is 4.82. The molecule has 0 aliphatic carbocycles. The van der Waals surface area contributed by atoms with Gasteiger partial charge >= 0.3 is 0 Å². The lowest BCUT2D eigenvalue weighted by molar-refractivity contribution is -0.0218. The predicted octanol–water partition coefficient (Wildman–Crippen LogP) is 4.03. The van der Waals surface area contributed by atoms with Gasteiger partial charge in [0.1, 0.15) is 17.2 Å². The summed E-state index contributed by atoms with van der Waals surface area (Å²) >= 11 is 0. The number of rotatable bonds is 2. The molecule has 0 saturated heterocycles. The van der Waals surface area contributed by atoms with Crippen LogP contribution in [0.25, 0.3) is 0 Å². The molecule has 128 valence electrons. The monoisotopic (exact) mass is 343 g/mol. The highest BCUT2D eigenvalue weighted by atomic mass is 16.5. The van der Waals surface area contributed by atoms with Crippen molar-refractivity contribution in [2.45, 2.75) is 18.7 Å². The SMILES string of the molecule is Oc1cccc(C2=NN3[C@@H](c4ccccn4)Oc4ccccc4[C@@H]3C2)c1. The van der Waals surface area contributed by atoms with Crippen molar-refractivity contribution in [1.29, 1.82) is 0 Å². The lowest BCUT2D eigenvalue weighted by Gasteiger charge is -2.37. The largest absolute Gasteiger partial charge is 0.508 e. The molecule has 2 atom stereocenters. The van der Waals surface area contributed by atoms with Gasteiger partial charge in [0.15, 0.2) is 0 Å². The third-order valence-electron chi connectivity index (χ3n) is 4.82. The summed E-state index contributed by atoms with van der Waals surface area (Å²) in [6.07, 6.45) is 2.16. The number of phenolic OH excluding ortho intramolecular Hbond substituents is 1. The summed E-state index contributed by atoms with van der Waals surface area (Å²) in [6.45, 7) is 0. The molecule has 0 radical (unpaired) electrons. The number of fused-ring (bicyclic) bond motifs is 3. The summed E-state index contributed by atoms with van der Waals surface area (Å²) in [5, 5.41) is 16.7. The lowest BCUT2D eigenvalue weighted by Crippen LogP contribution is -2.34. The molecule has 5 rings (SSSR count). The minimum atomic E-state index is -0.370. The summed E-state index contributed by atoms with van der Waals surface area (Å²) in [5.74, 6) is 1.12. The van der Waals surface area contributed by atoms with Gasteiger partial charge in [-0.3, -0.25) is 4.98 Å². The summed E-state index contributed by atoms with van der Waals surface area (Å²) in [4.78, 5) is 4.47. The fraction of sp³-hybridized carbons (Fsp3) is 0.143. The Bertz CT molecular complexity index is 987. The van der Waals surface area contributed by atoms with Crippen LogP contribution in [0.1, 0.15) is 35.5 Å². The second kappa shape index (κ2) is 5.88. The van der Waals surface area contributed by atoms with Crippen LogP contribution >= 0.6 is 0 Å². The Balaban J connectivity index is 1.60. The molecule has 0 fully saturated rings. The number of hydrogen-bond acceptors (Lipinski definition) is 5. The Hall–Kier alpha value is -3.34. The maximum atomic E-state index is 9.82. The molecule has 2 aliphatic rings. The van der Waals surface area contributed by atoms with E-state index in [1.165, 1.54) is 0 Å². The summed E-state index contributed by atoms with van der Waals surface area (Å²) in [5.41, 5.74) is 3.82. The van der Waals surface area contributed by atoms with E-state index >= 15 is 0 Å². The smallest absolute Gasteiger partial charge is 0.230 e. The van der Waals surface area contributed by atoms with Gasteiger partial charge in [0.2, 0.25) is 6.23 Å². The number of phenols is 1. The van der Waals surface area contributed by atoms with E-state index < -0.39 is 0 Å². The van der Waals surface area contributed by atoms with Crippen LogP contribution in [-0.4, -0.2) is 20.8 Å². The number of pyridine rings is 1. The first-order chi connectivity index (χ1) is 12.8. The first-order valence-electron chi connectivity index (χ1n) is 8.61. The molecule has 3 aromatic rings. The van der Waals surface area contributed by atoms with Crippen LogP contribution in [0, 0.1) is 0 Å². The number of nitrogens with zero attached hydrogens (tertiary/aromatic N) is 3. The standard InChI is InChI=1S/C21H17N3O2/c25-15-7-5-6-14(12-15)18-13-19-16-8-1-2-10-20(16)26-21(24(19)23-18)17-9-3-4-11-22-17/h1-12,19,21,25H,13H2/t19-,21+/m0/s1. The Morgan fingerprint density at radius 1 is 1.00 bits per heavy atom. The molecule has 3 heterocycles. The molecule has 0 saturated carbocycles. The van der Waals surface area contributed by atoms with Crippen LogP contribution in [0.3, 0.4) is 0 Å². The van der Waals surface area contributed by atoms with Crippen molar-refractivity contribution in [2.24, 2.45) is 5.10 Å². The molecule has 5 heteroatoms. The topological polar surface area (TPSA) is 58.0 Å². The van der Waals surface area contributed by atoms with E-state index in [9.17, 15) is 5.11 Å². The summed E-state index contributed by atoms with van der Waals surface area (Å²) in [6, 6.07) is 21.2. The predicted molar refractivity (Wildman–Crippen MR) is 97.9 cm³/mol. The first kappa shape index (κ1) is 15.0. The Morgan fingerprint density at radius 3 is 2.73 bits per heavy atom. The molecular formula is C21H17N3O2. The van der Waals surface area contributed by atoms with E-state index in [-0.39, 0.29) is 18.0 Å². The minimum Gasteiger partial charge on any atom is -0.508 e. The van der Waals surface area contributed by atoms with Crippen LogP contribution in [0.5, 0.6) is 11.5 Å². The van der Waals surface area contributed by atoms with Gasteiger partial charge in [-0.15, -0.1) is 0 Å². The number of aromatic hydroxyl groups is 1. The number of hydrogen-bond donors (Lipinski definition) is 1. The van der Waals surface area contributed by atoms with Gasteiger partial charge in [-0.25, -0.2) is 5.01 Å². The van der Waals surface area contributed by atoms with E-state index in [4.69, 9.17) is 9.84 Å². The van der Waals surface area contributed by atoms with Crippen LogP contribution in [0.4, 0.5) is 0 Å². The first-order valence-corrected chi connectivity index (χ1v) is 8.61. The van der Waals surface area contributed by atoms with Crippen molar-refractivity contribution in [2.75, 3.05) is 0 Å². The molecule has 0 spiro atoms. The van der Waals surface area contributed by atoms with Crippen molar-refractivity contribution >= 4 is 5.71 Å². The van der Waals surface area contributed by atoms with Crippen molar-refractivity contribution in [3.63, 3.8) is 0 Å².